The lowest BCUT2D eigenvalue weighted by molar-refractivity contribution is 0.106. The molecule has 0 fully saturated rings. The van der Waals surface area contributed by atoms with Crippen LogP contribution in [0.4, 0.5) is 0 Å². The summed E-state index contributed by atoms with van der Waals surface area (Å²) in [6.07, 6.45) is 4.94. The largest absolute Gasteiger partial charge is 0.496 e. The van der Waals surface area contributed by atoms with Crippen molar-refractivity contribution in [1.29, 1.82) is 0 Å². The van der Waals surface area contributed by atoms with E-state index in [0.29, 0.717) is 29.4 Å². The molecule has 136 valence electrons. The van der Waals surface area contributed by atoms with E-state index in [-0.39, 0.29) is 11.4 Å². The van der Waals surface area contributed by atoms with Crippen LogP contribution in [-0.4, -0.2) is 32.1 Å². The van der Waals surface area contributed by atoms with E-state index in [1.165, 1.54) is 14.2 Å². The summed E-state index contributed by atoms with van der Waals surface area (Å²) < 4.78 is 24.2. The first-order chi connectivity index (χ1) is 11.4. The predicted molar refractivity (Wildman–Crippen MR) is 100 cm³/mol. The Morgan fingerprint density at radius 3 is 2.12 bits per heavy atom. The van der Waals surface area contributed by atoms with E-state index >= 15 is 0 Å². The molecule has 0 saturated heterocycles. The maximum Gasteiger partial charge on any atom is 0.228 e. The zero-order valence-electron chi connectivity index (χ0n) is 15.6. The Balaban J connectivity index is 3.19. The zero-order chi connectivity index (χ0) is 18.2. The zero-order valence-corrected chi connectivity index (χ0v) is 16.5. The predicted octanol–water partition coefficient (Wildman–Crippen LogP) is 5.44. The second kappa shape index (κ2) is 9.88. The normalized spacial score (nSPS) is 13.6. The van der Waals surface area contributed by atoms with Crippen LogP contribution in [-0.2, 0) is 4.57 Å². The van der Waals surface area contributed by atoms with Crippen molar-refractivity contribution in [1.82, 2.24) is 0 Å². The van der Waals surface area contributed by atoms with Crippen molar-refractivity contribution in [3.05, 3.63) is 23.8 Å². The Kier molecular flexibility index (Phi) is 8.55. The van der Waals surface area contributed by atoms with Gasteiger partial charge in [0.1, 0.15) is 17.1 Å². The van der Waals surface area contributed by atoms with Gasteiger partial charge in [0.2, 0.25) is 5.52 Å². The summed E-state index contributed by atoms with van der Waals surface area (Å²) in [5.74, 6) is 1.06. The Hall–Kier alpha value is -1.28. The van der Waals surface area contributed by atoms with Crippen molar-refractivity contribution in [3.8, 4) is 11.5 Å². The van der Waals surface area contributed by atoms with Crippen LogP contribution in [0.3, 0.4) is 0 Å². The van der Waals surface area contributed by atoms with Gasteiger partial charge in [-0.3, -0.25) is 4.79 Å². The third kappa shape index (κ3) is 5.37. The van der Waals surface area contributed by atoms with Gasteiger partial charge in [0.15, 0.2) is 7.14 Å². The maximum absolute atomic E-state index is 13.6. The van der Waals surface area contributed by atoms with E-state index in [1.54, 1.807) is 18.2 Å². The van der Waals surface area contributed by atoms with Gasteiger partial charge in [-0.25, -0.2) is 0 Å². The monoisotopic (exact) mass is 354 g/mol. The van der Waals surface area contributed by atoms with Gasteiger partial charge in [0.25, 0.3) is 0 Å². The number of ether oxygens (including phenoxy) is 2. The summed E-state index contributed by atoms with van der Waals surface area (Å²) >= 11 is 0. The molecule has 0 saturated carbocycles. The van der Waals surface area contributed by atoms with Gasteiger partial charge in [-0.05, 0) is 24.5 Å². The number of rotatable bonds is 11. The van der Waals surface area contributed by atoms with Crippen LogP contribution in [0.2, 0.25) is 0 Å². The molecule has 0 amide bonds. The van der Waals surface area contributed by atoms with E-state index in [0.717, 1.165) is 25.7 Å². The molecule has 0 aliphatic rings. The molecule has 0 aromatic heterocycles. The fourth-order valence-corrected chi connectivity index (χ4v) is 6.02. The van der Waals surface area contributed by atoms with Crippen LogP contribution in [0.15, 0.2) is 18.2 Å². The molecule has 0 aliphatic heterocycles. The van der Waals surface area contributed by atoms with Gasteiger partial charge in [-0.2, -0.15) is 0 Å². The summed E-state index contributed by atoms with van der Waals surface area (Å²) in [4.78, 5) is 13.2. The molecular weight excluding hydrogens is 323 g/mol. The van der Waals surface area contributed by atoms with Gasteiger partial charge >= 0.3 is 0 Å². The lowest BCUT2D eigenvalue weighted by Crippen LogP contribution is -2.13. The smallest absolute Gasteiger partial charge is 0.228 e. The second-order valence-corrected chi connectivity index (χ2v) is 9.59. The number of carbonyl (C=O) groups is 1. The van der Waals surface area contributed by atoms with Crippen LogP contribution >= 0.6 is 7.14 Å². The minimum absolute atomic E-state index is 0.201. The van der Waals surface area contributed by atoms with Gasteiger partial charge in [0.05, 0.1) is 14.2 Å². The lowest BCUT2D eigenvalue weighted by atomic mass is 10.2. The van der Waals surface area contributed by atoms with Crippen molar-refractivity contribution in [2.45, 2.75) is 46.5 Å². The molecule has 24 heavy (non-hydrogen) atoms. The second-order valence-electron chi connectivity index (χ2n) is 6.59. The first kappa shape index (κ1) is 20.8. The van der Waals surface area contributed by atoms with Crippen LogP contribution in [0.5, 0.6) is 11.5 Å². The Morgan fingerprint density at radius 1 is 1.08 bits per heavy atom. The topological polar surface area (TPSA) is 52.6 Å². The minimum Gasteiger partial charge on any atom is -0.496 e. The lowest BCUT2D eigenvalue weighted by Gasteiger charge is -2.21. The van der Waals surface area contributed by atoms with E-state index in [9.17, 15) is 9.36 Å². The van der Waals surface area contributed by atoms with Crippen molar-refractivity contribution < 1.29 is 18.8 Å². The Morgan fingerprint density at radius 2 is 1.67 bits per heavy atom. The van der Waals surface area contributed by atoms with Gasteiger partial charge < -0.3 is 14.0 Å². The van der Waals surface area contributed by atoms with Crippen molar-refractivity contribution in [2.24, 2.45) is 5.92 Å². The van der Waals surface area contributed by atoms with Gasteiger partial charge in [-0.15, -0.1) is 0 Å². The molecule has 0 radical (unpaired) electrons. The molecule has 0 bridgehead atoms. The molecule has 0 aliphatic carbocycles. The molecule has 1 unspecified atom stereocenters. The SMILES string of the molecule is CCCCCCP(=O)(CC(C)C)C(=O)c1c(OC)cccc1OC. The number of carbonyl (C=O) groups excluding carboxylic acids is 1. The summed E-state index contributed by atoms with van der Waals surface area (Å²) in [5.41, 5.74) is 0.0176. The average molecular weight is 354 g/mol. The fraction of sp³-hybridized carbons (Fsp3) is 0.632. The first-order valence-corrected chi connectivity index (χ1v) is 10.8. The van der Waals surface area contributed by atoms with Crippen LogP contribution in [0, 0.1) is 5.92 Å². The summed E-state index contributed by atoms with van der Waals surface area (Å²) in [5, 5.41) is 0. The van der Waals surface area contributed by atoms with Gasteiger partial charge in [-0.1, -0.05) is 46.1 Å². The van der Waals surface area contributed by atoms with E-state index in [2.05, 4.69) is 6.92 Å². The average Bonchev–Trinajstić information content (AvgIpc) is 2.56. The standard InChI is InChI=1S/C19H31O4P/c1-6-7-8-9-13-24(21,14-15(2)3)19(20)18-16(22-4)11-10-12-17(18)23-5/h10-12,15H,6-9,13-14H2,1-5H3. The van der Waals surface area contributed by atoms with Crippen LogP contribution in [0.1, 0.15) is 56.8 Å². The van der Waals surface area contributed by atoms with E-state index in [1.807, 2.05) is 13.8 Å². The molecule has 5 heteroatoms. The minimum atomic E-state index is -3.01. The summed E-state index contributed by atoms with van der Waals surface area (Å²) in [7, 11) is 0.0204. The molecule has 0 spiro atoms. The number of unbranched alkanes of at least 4 members (excludes halogenated alkanes) is 3. The summed E-state index contributed by atoms with van der Waals surface area (Å²) in [6.45, 7) is 6.15. The third-order valence-electron chi connectivity index (χ3n) is 4.04. The molecule has 1 rings (SSSR count). The van der Waals surface area contributed by atoms with Crippen molar-refractivity contribution >= 4 is 12.7 Å². The van der Waals surface area contributed by atoms with Crippen molar-refractivity contribution in [2.75, 3.05) is 26.5 Å². The molecule has 0 heterocycles. The third-order valence-corrected chi connectivity index (χ3v) is 7.37. The van der Waals surface area contributed by atoms with E-state index < -0.39 is 7.14 Å². The number of hydrogen-bond acceptors (Lipinski definition) is 4. The molecule has 1 atom stereocenters. The molecule has 4 nitrogen and oxygen atoms in total. The van der Waals surface area contributed by atoms with Crippen LogP contribution in [0.25, 0.3) is 0 Å². The maximum atomic E-state index is 13.6. The fourth-order valence-electron chi connectivity index (χ4n) is 2.93. The highest BCUT2D eigenvalue weighted by atomic mass is 31.2. The number of benzene rings is 1. The Bertz CT molecular complexity index is 558. The van der Waals surface area contributed by atoms with E-state index in [4.69, 9.17) is 9.47 Å². The highest BCUT2D eigenvalue weighted by Crippen LogP contribution is 2.53. The Labute approximate surface area is 146 Å². The van der Waals surface area contributed by atoms with Crippen LogP contribution < -0.4 is 9.47 Å². The first-order valence-electron chi connectivity index (χ1n) is 8.73. The molecule has 0 N–H and O–H groups in total. The van der Waals surface area contributed by atoms with Crippen molar-refractivity contribution in [3.63, 3.8) is 0 Å². The van der Waals surface area contributed by atoms with Gasteiger partial charge in [0, 0.05) is 12.3 Å². The highest BCUT2D eigenvalue weighted by Gasteiger charge is 2.36. The highest BCUT2D eigenvalue weighted by molar-refractivity contribution is 7.81. The number of methoxy groups -OCH3 is 2. The molecule has 1 aromatic carbocycles. The quantitative estimate of drug-likeness (QED) is 0.392. The molecular formula is C19H31O4P. The summed E-state index contributed by atoms with van der Waals surface area (Å²) in [6, 6.07) is 5.20. The number of hydrogen-bond donors (Lipinski definition) is 0. The molecule has 1 aromatic rings.